The molecule has 0 atom stereocenters. The highest BCUT2D eigenvalue weighted by molar-refractivity contribution is 5.99. The minimum atomic E-state index is -0.481. The fraction of sp³-hybridized carbons (Fsp3) is 0.522. The van der Waals surface area contributed by atoms with Gasteiger partial charge in [-0.05, 0) is 45.4 Å². The lowest BCUT2D eigenvalue weighted by Gasteiger charge is -2.24. The van der Waals surface area contributed by atoms with Crippen LogP contribution in [-0.4, -0.2) is 39.6 Å². The fourth-order valence-corrected chi connectivity index (χ4v) is 3.03. The van der Waals surface area contributed by atoms with Gasteiger partial charge in [0.2, 0.25) is 5.91 Å². The predicted molar refractivity (Wildman–Crippen MR) is 117 cm³/mol. The molecule has 0 saturated heterocycles. The van der Waals surface area contributed by atoms with Crippen LogP contribution in [0.2, 0.25) is 0 Å². The summed E-state index contributed by atoms with van der Waals surface area (Å²) in [7, 11) is 0. The van der Waals surface area contributed by atoms with Gasteiger partial charge in [-0.2, -0.15) is 5.10 Å². The molecule has 0 radical (unpaired) electrons. The Labute approximate surface area is 178 Å². The van der Waals surface area contributed by atoms with Crippen LogP contribution < -0.4 is 5.32 Å². The van der Waals surface area contributed by atoms with E-state index in [0.29, 0.717) is 18.8 Å². The van der Waals surface area contributed by atoms with E-state index in [2.05, 4.69) is 26.1 Å². The van der Waals surface area contributed by atoms with Crippen molar-refractivity contribution in [1.82, 2.24) is 14.7 Å². The Kier molecular flexibility index (Phi) is 7.06. The first-order valence-electron chi connectivity index (χ1n) is 10.3. The molecule has 1 heterocycles. The molecule has 30 heavy (non-hydrogen) atoms. The van der Waals surface area contributed by atoms with Crippen molar-refractivity contribution < 1.29 is 14.0 Å². The molecule has 0 saturated carbocycles. The van der Waals surface area contributed by atoms with Crippen molar-refractivity contribution in [2.75, 3.05) is 18.4 Å². The number of aromatic nitrogens is 2. The van der Waals surface area contributed by atoms with Gasteiger partial charge in [-0.25, -0.2) is 9.07 Å². The lowest BCUT2D eigenvalue weighted by atomic mass is 9.92. The molecule has 0 bridgehead atoms. The number of carbonyl (C=O) groups excluding carboxylic acids is 2. The van der Waals surface area contributed by atoms with Crippen molar-refractivity contribution >= 4 is 17.6 Å². The van der Waals surface area contributed by atoms with Gasteiger partial charge < -0.3 is 10.2 Å². The number of hydrogen-bond donors (Lipinski definition) is 1. The van der Waals surface area contributed by atoms with Crippen LogP contribution >= 0.6 is 0 Å². The van der Waals surface area contributed by atoms with Crippen molar-refractivity contribution in [3.05, 3.63) is 47.4 Å². The molecule has 164 valence electrons. The number of nitrogens with one attached hydrogen (secondary N) is 1. The monoisotopic (exact) mass is 416 g/mol. The first-order valence-corrected chi connectivity index (χ1v) is 10.3. The molecule has 1 N–H and O–H groups in total. The summed E-state index contributed by atoms with van der Waals surface area (Å²) in [6.45, 7) is 14.4. The van der Waals surface area contributed by atoms with Gasteiger partial charge in [0.15, 0.2) is 0 Å². The van der Waals surface area contributed by atoms with Crippen LogP contribution in [-0.2, 0) is 15.7 Å². The lowest BCUT2D eigenvalue weighted by molar-refractivity contribution is -0.117. The van der Waals surface area contributed by atoms with Gasteiger partial charge in [0.1, 0.15) is 18.2 Å². The highest BCUT2D eigenvalue weighted by Gasteiger charge is 2.26. The molecule has 0 unspecified atom stereocenters. The molecule has 2 amide bonds. The second-order valence-corrected chi connectivity index (χ2v) is 9.53. The van der Waals surface area contributed by atoms with Gasteiger partial charge in [0.05, 0.1) is 11.2 Å². The number of hydrogen-bond acceptors (Lipinski definition) is 3. The molecule has 2 aromatic rings. The maximum Gasteiger partial charge on any atom is 0.254 e. The number of carbonyl (C=O) groups is 2. The van der Waals surface area contributed by atoms with Crippen LogP contribution in [0, 0.1) is 5.82 Å². The van der Waals surface area contributed by atoms with E-state index in [1.807, 2.05) is 33.8 Å². The molecular formula is C23H33FN4O2. The van der Waals surface area contributed by atoms with E-state index in [1.165, 1.54) is 23.1 Å². The third kappa shape index (κ3) is 5.90. The molecule has 1 aromatic heterocycles. The first kappa shape index (κ1) is 23.6. The standard InChI is InChI=1S/C23H33FN4O2/c1-8-12-27(21(30)16-10-9-11-17(24)13-16)15-20(29)25-19-14-18(22(2,3)4)26-28(19)23(5,6)7/h9-11,13-14H,8,12,15H2,1-7H3,(H,25,29). The number of anilines is 1. The number of rotatable bonds is 6. The molecule has 0 fully saturated rings. The van der Waals surface area contributed by atoms with Crippen molar-refractivity contribution in [2.24, 2.45) is 0 Å². The van der Waals surface area contributed by atoms with Crippen molar-refractivity contribution in [3.63, 3.8) is 0 Å². The van der Waals surface area contributed by atoms with Gasteiger partial charge in [-0.15, -0.1) is 0 Å². The molecule has 6 nitrogen and oxygen atoms in total. The third-order valence-electron chi connectivity index (χ3n) is 4.57. The molecule has 1 aromatic carbocycles. The summed E-state index contributed by atoms with van der Waals surface area (Å²) in [5.41, 5.74) is 0.601. The number of halogens is 1. The van der Waals surface area contributed by atoms with Gasteiger partial charge >= 0.3 is 0 Å². The number of benzene rings is 1. The summed E-state index contributed by atoms with van der Waals surface area (Å²) in [5, 5.41) is 7.60. The highest BCUT2D eigenvalue weighted by atomic mass is 19.1. The molecular weight excluding hydrogens is 383 g/mol. The zero-order valence-corrected chi connectivity index (χ0v) is 19.0. The van der Waals surface area contributed by atoms with Crippen molar-refractivity contribution in [1.29, 1.82) is 0 Å². The summed E-state index contributed by atoms with van der Waals surface area (Å²) in [6.07, 6.45) is 0.683. The largest absolute Gasteiger partial charge is 0.329 e. The second-order valence-electron chi connectivity index (χ2n) is 9.53. The Morgan fingerprint density at radius 1 is 1.13 bits per heavy atom. The Balaban J connectivity index is 2.23. The van der Waals surface area contributed by atoms with E-state index < -0.39 is 5.82 Å². The Hall–Kier alpha value is -2.70. The van der Waals surface area contributed by atoms with Crippen LogP contribution in [0.3, 0.4) is 0 Å². The van der Waals surface area contributed by atoms with Gasteiger partial charge in [0.25, 0.3) is 5.91 Å². The van der Waals surface area contributed by atoms with E-state index in [1.54, 1.807) is 10.7 Å². The van der Waals surface area contributed by atoms with Gasteiger partial charge in [-0.1, -0.05) is 33.8 Å². The first-order chi connectivity index (χ1) is 13.8. The minimum Gasteiger partial charge on any atom is -0.329 e. The van der Waals surface area contributed by atoms with E-state index in [-0.39, 0.29) is 34.9 Å². The number of nitrogens with zero attached hydrogens (tertiary/aromatic N) is 3. The topological polar surface area (TPSA) is 67.2 Å². The zero-order chi connectivity index (χ0) is 22.7. The van der Waals surface area contributed by atoms with E-state index in [9.17, 15) is 14.0 Å². The smallest absolute Gasteiger partial charge is 0.254 e. The highest BCUT2D eigenvalue weighted by Crippen LogP contribution is 2.28. The Bertz CT molecular complexity index is 907. The number of amides is 2. The minimum absolute atomic E-state index is 0.122. The van der Waals surface area contributed by atoms with Crippen molar-refractivity contribution in [3.8, 4) is 0 Å². The van der Waals surface area contributed by atoms with Crippen molar-refractivity contribution in [2.45, 2.75) is 65.8 Å². The molecule has 0 spiro atoms. The SMILES string of the molecule is CCCN(CC(=O)Nc1cc(C(C)(C)C)nn1C(C)(C)C)C(=O)c1cccc(F)c1. The maximum atomic E-state index is 13.5. The fourth-order valence-electron chi connectivity index (χ4n) is 3.03. The summed E-state index contributed by atoms with van der Waals surface area (Å²) in [4.78, 5) is 27.1. The van der Waals surface area contributed by atoms with Crippen LogP contribution in [0.5, 0.6) is 0 Å². The summed E-state index contributed by atoms with van der Waals surface area (Å²) >= 11 is 0. The summed E-state index contributed by atoms with van der Waals surface area (Å²) in [6, 6.07) is 7.39. The molecule has 2 rings (SSSR count). The molecule has 7 heteroatoms. The third-order valence-corrected chi connectivity index (χ3v) is 4.57. The van der Waals surface area contributed by atoms with Gasteiger partial charge in [0, 0.05) is 23.6 Å². The average molecular weight is 417 g/mol. The van der Waals surface area contributed by atoms with E-state index >= 15 is 0 Å². The van der Waals surface area contributed by atoms with Crippen LogP contribution in [0.25, 0.3) is 0 Å². The van der Waals surface area contributed by atoms with Crippen LogP contribution in [0.4, 0.5) is 10.2 Å². The predicted octanol–water partition coefficient (Wildman–Crippen LogP) is 4.57. The summed E-state index contributed by atoms with van der Waals surface area (Å²) in [5.74, 6) is -0.581. The average Bonchev–Trinajstić information content (AvgIpc) is 3.05. The van der Waals surface area contributed by atoms with Crippen LogP contribution in [0.15, 0.2) is 30.3 Å². The van der Waals surface area contributed by atoms with E-state index in [0.717, 1.165) is 5.69 Å². The van der Waals surface area contributed by atoms with Crippen LogP contribution in [0.1, 0.15) is 70.9 Å². The Morgan fingerprint density at radius 2 is 1.80 bits per heavy atom. The maximum absolute atomic E-state index is 13.5. The second kappa shape index (κ2) is 8.98. The molecule has 0 aliphatic rings. The molecule has 0 aliphatic heterocycles. The lowest BCUT2D eigenvalue weighted by Crippen LogP contribution is -2.39. The summed E-state index contributed by atoms with van der Waals surface area (Å²) < 4.78 is 15.3. The van der Waals surface area contributed by atoms with Gasteiger partial charge in [-0.3, -0.25) is 9.59 Å². The Morgan fingerprint density at radius 3 is 2.33 bits per heavy atom. The normalized spacial score (nSPS) is 12.0. The molecule has 0 aliphatic carbocycles. The quantitative estimate of drug-likeness (QED) is 0.750. The van der Waals surface area contributed by atoms with E-state index in [4.69, 9.17) is 5.10 Å². The zero-order valence-electron chi connectivity index (χ0n) is 19.0.